The van der Waals surface area contributed by atoms with Gasteiger partial charge in [0, 0.05) is 17.1 Å². The fourth-order valence-corrected chi connectivity index (χ4v) is 3.55. The number of nitrogens with zero attached hydrogens (tertiary/aromatic N) is 2. The van der Waals surface area contributed by atoms with E-state index in [0.29, 0.717) is 0 Å². The van der Waals surface area contributed by atoms with E-state index in [-0.39, 0.29) is 11.9 Å². The molecule has 2 aromatic carbocycles. The van der Waals surface area contributed by atoms with Crippen LogP contribution in [-0.2, 0) is 4.79 Å². The molecule has 0 saturated carbocycles. The number of aromatic nitrogens is 2. The maximum Gasteiger partial charge on any atom is 0.247 e. The predicted octanol–water partition coefficient (Wildman–Crippen LogP) is 4.70. The molecule has 2 heterocycles. The highest BCUT2D eigenvalue weighted by Crippen LogP contribution is 2.31. The number of hydrogen-bond donors (Lipinski definition) is 1. The van der Waals surface area contributed by atoms with E-state index in [0.717, 1.165) is 46.3 Å². The monoisotopic (exact) mass is 395 g/mol. The van der Waals surface area contributed by atoms with E-state index in [1.807, 2.05) is 59.5 Å². The Morgan fingerprint density at radius 3 is 2.80 bits per heavy atom. The van der Waals surface area contributed by atoms with Crippen molar-refractivity contribution in [1.82, 2.24) is 14.9 Å². The lowest BCUT2D eigenvalue weighted by Crippen LogP contribution is -2.29. The molecule has 1 saturated heterocycles. The van der Waals surface area contributed by atoms with Gasteiger partial charge in [-0.2, -0.15) is 0 Å². The highest BCUT2D eigenvalue weighted by atomic mass is 79.9. The van der Waals surface area contributed by atoms with E-state index in [9.17, 15) is 4.79 Å². The molecule has 1 fully saturated rings. The molecule has 0 radical (unpaired) electrons. The number of hydrogen-bond acceptors (Lipinski definition) is 2. The lowest BCUT2D eigenvalue weighted by Gasteiger charge is -2.21. The molecule has 1 unspecified atom stereocenters. The van der Waals surface area contributed by atoms with Gasteiger partial charge in [-0.25, -0.2) is 4.98 Å². The number of aromatic amines is 1. The first-order chi connectivity index (χ1) is 12.2. The predicted molar refractivity (Wildman–Crippen MR) is 103 cm³/mol. The number of imidazole rings is 1. The molecule has 1 atom stereocenters. The lowest BCUT2D eigenvalue weighted by molar-refractivity contribution is -0.126. The summed E-state index contributed by atoms with van der Waals surface area (Å²) in [5.74, 6) is 0.912. The molecule has 0 aliphatic carbocycles. The van der Waals surface area contributed by atoms with Gasteiger partial charge in [-0.1, -0.05) is 40.2 Å². The van der Waals surface area contributed by atoms with Crippen LogP contribution in [0.15, 0.2) is 59.1 Å². The van der Waals surface area contributed by atoms with Gasteiger partial charge < -0.3 is 9.88 Å². The molecule has 0 bridgehead atoms. The maximum absolute atomic E-state index is 12.7. The number of nitrogens with one attached hydrogen (secondary N) is 1. The second kappa shape index (κ2) is 6.84. The summed E-state index contributed by atoms with van der Waals surface area (Å²) in [5, 5.41) is 0. The number of halogens is 1. The molecule has 126 valence electrons. The number of benzene rings is 2. The molecule has 1 aliphatic heterocycles. The fourth-order valence-electron chi connectivity index (χ4n) is 3.28. The topological polar surface area (TPSA) is 49.0 Å². The molecule has 1 amide bonds. The number of carbonyl (C=O) groups excluding carboxylic acids is 1. The normalized spacial score (nSPS) is 17.6. The summed E-state index contributed by atoms with van der Waals surface area (Å²) in [6.07, 6.45) is 5.46. The highest BCUT2D eigenvalue weighted by molar-refractivity contribution is 9.10. The van der Waals surface area contributed by atoms with Crippen LogP contribution in [0.25, 0.3) is 17.1 Å². The van der Waals surface area contributed by atoms with Crippen LogP contribution in [0.3, 0.4) is 0 Å². The molecule has 4 rings (SSSR count). The number of para-hydroxylation sites is 2. The van der Waals surface area contributed by atoms with Crippen molar-refractivity contribution in [1.29, 1.82) is 0 Å². The molecule has 1 aromatic heterocycles. The van der Waals surface area contributed by atoms with Gasteiger partial charge in [0.25, 0.3) is 0 Å². The largest absolute Gasteiger partial charge is 0.340 e. The second-order valence-electron chi connectivity index (χ2n) is 6.21. The van der Waals surface area contributed by atoms with Crippen molar-refractivity contribution in [2.75, 3.05) is 6.54 Å². The van der Waals surface area contributed by atoms with Crippen LogP contribution < -0.4 is 0 Å². The van der Waals surface area contributed by atoms with Crippen LogP contribution in [0.5, 0.6) is 0 Å². The zero-order valence-electron chi connectivity index (χ0n) is 13.7. The molecule has 1 aliphatic rings. The van der Waals surface area contributed by atoms with Gasteiger partial charge >= 0.3 is 0 Å². The Morgan fingerprint density at radius 1 is 1.20 bits per heavy atom. The zero-order valence-corrected chi connectivity index (χ0v) is 15.2. The third-order valence-electron chi connectivity index (χ3n) is 4.55. The summed E-state index contributed by atoms with van der Waals surface area (Å²) in [6, 6.07) is 15.9. The summed E-state index contributed by atoms with van der Waals surface area (Å²) < 4.78 is 1.03. The number of H-pyrrole nitrogens is 1. The van der Waals surface area contributed by atoms with Gasteiger partial charge in [0.2, 0.25) is 5.91 Å². The van der Waals surface area contributed by atoms with Crippen LogP contribution in [0.2, 0.25) is 0 Å². The van der Waals surface area contributed by atoms with Crippen LogP contribution in [0, 0.1) is 0 Å². The van der Waals surface area contributed by atoms with Crippen molar-refractivity contribution in [2.45, 2.75) is 18.9 Å². The Balaban J connectivity index is 1.54. The van der Waals surface area contributed by atoms with Crippen molar-refractivity contribution in [2.24, 2.45) is 0 Å². The molecule has 4 nitrogen and oxygen atoms in total. The van der Waals surface area contributed by atoms with Gasteiger partial charge in [0.1, 0.15) is 5.82 Å². The van der Waals surface area contributed by atoms with Gasteiger partial charge in [-0.15, -0.1) is 0 Å². The van der Waals surface area contributed by atoms with E-state index in [1.54, 1.807) is 6.08 Å². The van der Waals surface area contributed by atoms with Crippen molar-refractivity contribution < 1.29 is 4.79 Å². The quantitative estimate of drug-likeness (QED) is 0.653. The SMILES string of the molecule is O=C(/C=C/c1ccc(Br)cc1)N1CCCC1c1nc2ccccc2[nH]1. The lowest BCUT2D eigenvalue weighted by atomic mass is 10.2. The van der Waals surface area contributed by atoms with E-state index < -0.39 is 0 Å². The number of carbonyl (C=O) groups is 1. The zero-order chi connectivity index (χ0) is 17.2. The van der Waals surface area contributed by atoms with Crippen molar-refractivity contribution in [3.8, 4) is 0 Å². The Labute approximate surface area is 154 Å². The molecule has 5 heteroatoms. The van der Waals surface area contributed by atoms with Crippen molar-refractivity contribution >= 4 is 38.9 Å². The van der Waals surface area contributed by atoms with E-state index in [2.05, 4.69) is 25.9 Å². The summed E-state index contributed by atoms with van der Waals surface area (Å²) in [6.45, 7) is 0.769. The molecule has 1 N–H and O–H groups in total. The molecule has 0 spiro atoms. The first-order valence-electron chi connectivity index (χ1n) is 8.39. The second-order valence-corrected chi connectivity index (χ2v) is 7.13. The number of rotatable bonds is 3. The number of fused-ring (bicyclic) bond motifs is 1. The Morgan fingerprint density at radius 2 is 2.00 bits per heavy atom. The Hall–Kier alpha value is -2.40. The van der Waals surface area contributed by atoms with Gasteiger partial charge in [0.05, 0.1) is 17.1 Å². The van der Waals surface area contributed by atoms with Gasteiger partial charge in [-0.05, 0) is 48.7 Å². The molecular weight excluding hydrogens is 378 g/mol. The van der Waals surface area contributed by atoms with Crippen LogP contribution in [0.1, 0.15) is 30.3 Å². The summed E-state index contributed by atoms with van der Waals surface area (Å²) in [5.41, 5.74) is 2.97. The minimum absolute atomic E-state index is 0.0227. The minimum atomic E-state index is 0.0227. The van der Waals surface area contributed by atoms with Gasteiger partial charge in [-0.3, -0.25) is 4.79 Å². The molecule has 25 heavy (non-hydrogen) atoms. The number of likely N-dealkylation sites (tertiary alicyclic amines) is 1. The van der Waals surface area contributed by atoms with Crippen molar-refractivity contribution in [3.05, 3.63) is 70.5 Å². The van der Waals surface area contributed by atoms with Crippen LogP contribution in [-0.4, -0.2) is 27.3 Å². The summed E-state index contributed by atoms with van der Waals surface area (Å²) in [4.78, 5) is 22.6. The van der Waals surface area contributed by atoms with Crippen LogP contribution >= 0.6 is 15.9 Å². The van der Waals surface area contributed by atoms with Crippen molar-refractivity contribution in [3.63, 3.8) is 0 Å². The standard InChI is InChI=1S/C20H18BrN3O/c21-15-10-7-14(8-11-15)9-12-19(25)24-13-3-6-18(24)20-22-16-4-1-2-5-17(16)23-20/h1-2,4-5,7-12,18H,3,6,13H2,(H,22,23)/b12-9+. The molecular formula is C20H18BrN3O. The fraction of sp³-hybridized carbons (Fsp3) is 0.200. The highest BCUT2D eigenvalue weighted by Gasteiger charge is 2.30. The van der Waals surface area contributed by atoms with E-state index in [4.69, 9.17) is 0 Å². The minimum Gasteiger partial charge on any atom is -0.340 e. The smallest absolute Gasteiger partial charge is 0.247 e. The number of amides is 1. The maximum atomic E-state index is 12.7. The first kappa shape index (κ1) is 16.1. The average Bonchev–Trinajstić information content (AvgIpc) is 3.27. The third kappa shape index (κ3) is 3.37. The van der Waals surface area contributed by atoms with E-state index >= 15 is 0 Å². The summed E-state index contributed by atoms with van der Waals surface area (Å²) in [7, 11) is 0. The Bertz CT molecular complexity index is 897. The van der Waals surface area contributed by atoms with E-state index in [1.165, 1.54) is 0 Å². The van der Waals surface area contributed by atoms with Gasteiger partial charge in [0.15, 0.2) is 0 Å². The first-order valence-corrected chi connectivity index (χ1v) is 9.19. The Kier molecular flexibility index (Phi) is 4.40. The summed E-state index contributed by atoms with van der Waals surface area (Å²) >= 11 is 3.42. The molecule has 3 aromatic rings. The third-order valence-corrected chi connectivity index (χ3v) is 5.08. The average molecular weight is 396 g/mol. The van der Waals surface area contributed by atoms with Crippen LogP contribution in [0.4, 0.5) is 0 Å².